The second-order valence-electron chi connectivity index (χ2n) is 3.49. The Morgan fingerprint density at radius 1 is 1.47 bits per heavy atom. The molecule has 1 aliphatic rings. The van der Waals surface area contributed by atoms with Crippen molar-refractivity contribution in [2.45, 2.75) is 6.42 Å². The zero-order chi connectivity index (χ0) is 10.7. The highest BCUT2D eigenvalue weighted by atomic mass is 35.5. The van der Waals surface area contributed by atoms with E-state index in [1.165, 1.54) is 0 Å². The van der Waals surface area contributed by atoms with Crippen molar-refractivity contribution in [3.8, 4) is 0 Å². The van der Waals surface area contributed by atoms with Gasteiger partial charge in [0.1, 0.15) is 5.69 Å². The first-order valence-electron chi connectivity index (χ1n) is 4.98. The van der Waals surface area contributed by atoms with Crippen molar-refractivity contribution in [1.82, 2.24) is 9.88 Å². The Labute approximate surface area is 98.2 Å². The van der Waals surface area contributed by atoms with Crippen LogP contribution < -0.4 is 0 Å². The second kappa shape index (κ2) is 4.94. The molecule has 0 unspecified atom stereocenters. The third kappa shape index (κ3) is 2.69. The van der Waals surface area contributed by atoms with Crippen molar-refractivity contribution in [2.75, 3.05) is 24.6 Å². The van der Waals surface area contributed by atoms with Crippen LogP contribution in [0.2, 0.25) is 5.02 Å². The average molecular weight is 245 g/mol. The maximum atomic E-state index is 12.0. The smallest absolute Gasteiger partial charge is 0.270 e. The van der Waals surface area contributed by atoms with Gasteiger partial charge in [-0.25, -0.2) is 0 Å². The number of carbonyl (C=O) groups excluding carboxylic acids is 1. The largest absolute Gasteiger partial charge is 0.356 e. The van der Waals surface area contributed by atoms with Crippen LogP contribution in [-0.2, 0) is 0 Å². The number of hydrogen-bond acceptors (Lipinski definition) is 2. The van der Waals surface area contributed by atoms with Crippen LogP contribution >= 0.6 is 23.4 Å². The van der Waals surface area contributed by atoms with E-state index < -0.39 is 0 Å². The van der Waals surface area contributed by atoms with Gasteiger partial charge in [0.25, 0.3) is 5.91 Å². The fraction of sp³-hybridized carbons (Fsp3) is 0.500. The van der Waals surface area contributed by atoms with Gasteiger partial charge in [-0.1, -0.05) is 11.6 Å². The molecule has 5 heteroatoms. The van der Waals surface area contributed by atoms with Crippen molar-refractivity contribution < 1.29 is 4.79 Å². The maximum absolute atomic E-state index is 12.0. The van der Waals surface area contributed by atoms with Crippen LogP contribution in [0.25, 0.3) is 0 Å². The van der Waals surface area contributed by atoms with Crippen molar-refractivity contribution in [2.24, 2.45) is 0 Å². The molecule has 0 saturated carbocycles. The number of rotatable bonds is 1. The van der Waals surface area contributed by atoms with Crippen LogP contribution in [0.15, 0.2) is 12.3 Å². The number of amides is 1. The summed E-state index contributed by atoms with van der Waals surface area (Å²) in [7, 11) is 0. The van der Waals surface area contributed by atoms with E-state index in [9.17, 15) is 4.79 Å². The minimum atomic E-state index is 0.0596. The van der Waals surface area contributed by atoms with Gasteiger partial charge in [0.15, 0.2) is 0 Å². The molecule has 1 saturated heterocycles. The van der Waals surface area contributed by atoms with Gasteiger partial charge in [0, 0.05) is 25.0 Å². The molecular weight excluding hydrogens is 232 g/mol. The van der Waals surface area contributed by atoms with Gasteiger partial charge in [0.2, 0.25) is 0 Å². The quantitative estimate of drug-likeness (QED) is 0.823. The summed E-state index contributed by atoms with van der Waals surface area (Å²) in [5.41, 5.74) is 0.590. The van der Waals surface area contributed by atoms with Gasteiger partial charge >= 0.3 is 0 Å². The lowest BCUT2D eigenvalue weighted by atomic mass is 10.3. The first kappa shape index (κ1) is 10.9. The normalized spacial score (nSPS) is 17.5. The molecule has 0 spiro atoms. The summed E-state index contributed by atoms with van der Waals surface area (Å²) >= 11 is 7.68. The molecule has 0 bridgehead atoms. The van der Waals surface area contributed by atoms with E-state index in [0.29, 0.717) is 10.7 Å². The molecule has 15 heavy (non-hydrogen) atoms. The number of carbonyl (C=O) groups is 1. The lowest BCUT2D eigenvalue weighted by Crippen LogP contribution is -2.33. The maximum Gasteiger partial charge on any atom is 0.270 e. The number of halogens is 1. The molecule has 0 aromatic carbocycles. The van der Waals surface area contributed by atoms with Crippen molar-refractivity contribution in [3.05, 3.63) is 23.0 Å². The molecule has 1 amide bonds. The molecular formula is C10H13ClN2OS. The fourth-order valence-corrected chi connectivity index (χ4v) is 2.66. The Hall–Kier alpha value is -0.610. The Bertz CT molecular complexity index is 345. The number of thioether (sulfide) groups is 1. The molecule has 1 fully saturated rings. The van der Waals surface area contributed by atoms with Crippen LogP contribution in [0.4, 0.5) is 0 Å². The number of nitrogens with one attached hydrogen (secondary N) is 1. The van der Waals surface area contributed by atoms with E-state index >= 15 is 0 Å². The van der Waals surface area contributed by atoms with Crippen LogP contribution in [0.3, 0.4) is 0 Å². The SMILES string of the molecule is O=C(c1cc(Cl)c[nH]1)N1CCCSCC1. The van der Waals surface area contributed by atoms with E-state index in [1.807, 2.05) is 16.7 Å². The number of aromatic amines is 1. The van der Waals surface area contributed by atoms with E-state index in [-0.39, 0.29) is 5.91 Å². The Balaban J connectivity index is 2.06. The lowest BCUT2D eigenvalue weighted by Gasteiger charge is -2.18. The predicted octanol–water partition coefficient (Wildman–Crippen LogP) is 2.25. The molecule has 82 valence electrons. The molecule has 2 rings (SSSR count). The number of H-pyrrole nitrogens is 1. The first-order valence-corrected chi connectivity index (χ1v) is 6.51. The van der Waals surface area contributed by atoms with E-state index in [1.54, 1.807) is 12.3 Å². The summed E-state index contributed by atoms with van der Waals surface area (Å²) in [6, 6.07) is 1.68. The van der Waals surface area contributed by atoms with Crippen molar-refractivity contribution in [1.29, 1.82) is 0 Å². The molecule has 2 heterocycles. The zero-order valence-electron chi connectivity index (χ0n) is 8.33. The monoisotopic (exact) mass is 244 g/mol. The van der Waals surface area contributed by atoms with Crippen LogP contribution in [-0.4, -0.2) is 40.4 Å². The molecule has 0 atom stereocenters. The molecule has 0 radical (unpaired) electrons. The van der Waals surface area contributed by atoms with Gasteiger partial charge in [-0.2, -0.15) is 11.8 Å². The minimum Gasteiger partial charge on any atom is -0.356 e. The Kier molecular flexibility index (Phi) is 3.59. The standard InChI is InChI=1S/C10H13ClN2OS/c11-8-6-9(12-7-8)10(14)13-2-1-4-15-5-3-13/h6-7,12H,1-5H2. The van der Waals surface area contributed by atoms with Crippen molar-refractivity contribution in [3.63, 3.8) is 0 Å². The van der Waals surface area contributed by atoms with E-state index in [2.05, 4.69) is 4.98 Å². The number of aromatic nitrogens is 1. The summed E-state index contributed by atoms with van der Waals surface area (Å²) in [5.74, 6) is 2.24. The molecule has 1 aromatic heterocycles. The van der Waals surface area contributed by atoms with Crippen LogP contribution in [0, 0.1) is 0 Å². The molecule has 1 N–H and O–H groups in total. The summed E-state index contributed by atoms with van der Waals surface area (Å²) < 4.78 is 0. The average Bonchev–Trinajstić information content (AvgIpc) is 2.53. The molecule has 0 aliphatic carbocycles. The van der Waals surface area contributed by atoms with Crippen molar-refractivity contribution >= 4 is 29.3 Å². The van der Waals surface area contributed by atoms with Gasteiger partial charge in [-0.3, -0.25) is 4.79 Å². The molecule has 1 aliphatic heterocycles. The summed E-state index contributed by atoms with van der Waals surface area (Å²) in [4.78, 5) is 16.8. The molecule has 3 nitrogen and oxygen atoms in total. The number of nitrogens with zero attached hydrogens (tertiary/aromatic N) is 1. The van der Waals surface area contributed by atoms with E-state index in [4.69, 9.17) is 11.6 Å². The second-order valence-corrected chi connectivity index (χ2v) is 5.15. The lowest BCUT2D eigenvalue weighted by molar-refractivity contribution is 0.0763. The highest BCUT2D eigenvalue weighted by Gasteiger charge is 2.18. The summed E-state index contributed by atoms with van der Waals surface area (Å²) in [6.45, 7) is 1.68. The first-order chi connectivity index (χ1) is 7.27. The number of hydrogen-bond donors (Lipinski definition) is 1. The Morgan fingerprint density at radius 2 is 2.33 bits per heavy atom. The van der Waals surface area contributed by atoms with Gasteiger partial charge < -0.3 is 9.88 Å². The Morgan fingerprint density at radius 3 is 3.07 bits per heavy atom. The zero-order valence-corrected chi connectivity index (χ0v) is 9.90. The fourth-order valence-electron chi connectivity index (χ4n) is 1.61. The van der Waals surface area contributed by atoms with Crippen LogP contribution in [0.5, 0.6) is 0 Å². The minimum absolute atomic E-state index is 0.0596. The van der Waals surface area contributed by atoms with Gasteiger partial charge in [0.05, 0.1) is 5.02 Å². The predicted molar refractivity (Wildman–Crippen MR) is 63.6 cm³/mol. The topological polar surface area (TPSA) is 36.1 Å². The highest BCUT2D eigenvalue weighted by molar-refractivity contribution is 7.99. The van der Waals surface area contributed by atoms with Crippen LogP contribution in [0.1, 0.15) is 16.9 Å². The highest BCUT2D eigenvalue weighted by Crippen LogP contribution is 2.15. The third-order valence-corrected chi connectivity index (χ3v) is 3.65. The third-order valence-electron chi connectivity index (χ3n) is 2.39. The van der Waals surface area contributed by atoms with Gasteiger partial charge in [-0.15, -0.1) is 0 Å². The summed E-state index contributed by atoms with van der Waals surface area (Å²) in [6.07, 6.45) is 2.71. The van der Waals surface area contributed by atoms with E-state index in [0.717, 1.165) is 31.0 Å². The molecule has 1 aromatic rings. The summed E-state index contributed by atoms with van der Waals surface area (Å²) in [5, 5.41) is 0.586. The van der Waals surface area contributed by atoms with Gasteiger partial charge in [-0.05, 0) is 18.2 Å².